The Balaban J connectivity index is 1.48. The van der Waals surface area contributed by atoms with Crippen LogP contribution in [0, 0.1) is 5.92 Å². The third-order valence-electron chi connectivity index (χ3n) is 5.11. The van der Waals surface area contributed by atoms with Crippen LogP contribution < -0.4 is 5.32 Å². The maximum absolute atomic E-state index is 12.7. The molecule has 1 aliphatic heterocycles. The number of hydrogen-bond donors (Lipinski definition) is 1. The summed E-state index contributed by atoms with van der Waals surface area (Å²) in [7, 11) is 0. The number of benzene rings is 1. The van der Waals surface area contributed by atoms with Gasteiger partial charge in [-0.25, -0.2) is 4.79 Å². The maximum Gasteiger partial charge on any atom is 0.365 e. The molecule has 0 spiro atoms. The van der Waals surface area contributed by atoms with Gasteiger partial charge < -0.3 is 10.1 Å². The minimum atomic E-state index is -0.611. The summed E-state index contributed by atoms with van der Waals surface area (Å²) in [6, 6.07) is 6.24. The van der Waals surface area contributed by atoms with Crippen molar-refractivity contribution in [1.29, 1.82) is 0 Å². The summed E-state index contributed by atoms with van der Waals surface area (Å²) in [6.45, 7) is 0. The highest BCUT2D eigenvalue weighted by Crippen LogP contribution is 2.36. The van der Waals surface area contributed by atoms with Crippen LogP contribution in [0.5, 0.6) is 0 Å². The van der Waals surface area contributed by atoms with Crippen molar-refractivity contribution in [2.75, 3.05) is 0 Å². The fourth-order valence-electron chi connectivity index (χ4n) is 3.79. The van der Waals surface area contributed by atoms with E-state index in [1.807, 2.05) is 18.2 Å². The summed E-state index contributed by atoms with van der Waals surface area (Å²) in [5.41, 5.74) is 1.75. The van der Waals surface area contributed by atoms with Gasteiger partial charge in [0.25, 0.3) is 0 Å². The topological polar surface area (TPSA) is 60.0 Å². The number of aryl methyl sites for hydroxylation is 1. The molecule has 0 amide bonds. The molecule has 2 N–H and O–H groups in total. The maximum atomic E-state index is 12.7. The number of fused-ring (bicyclic) bond motifs is 2. The number of halogens is 1. The number of carbonyl (C=O) groups excluding carboxylic acids is 2. The van der Waals surface area contributed by atoms with Gasteiger partial charge in [-0.15, -0.1) is 0 Å². The summed E-state index contributed by atoms with van der Waals surface area (Å²) >= 11 is 3.44. The molecule has 1 aromatic carbocycles. The second kappa shape index (κ2) is 5.46. The van der Waals surface area contributed by atoms with Gasteiger partial charge in [0.15, 0.2) is 12.1 Å². The van der Waals surface area contributed by atoms with E-state index in [2.05, 4.69) is 21.2 Å². The van der Waals surface area contributed by atoms with Crippen molar-refractivity contribution in [3.8, 4) is 0 Å². The first-order chi connectivity index (χ1) is 10.6. The van der Waals surface area contributed by atoms with Crippen molar-refractivity contribution in [2.24, 2.45) is 5.92 Å². The summed E-state index contributed by atoms with van der Waals surface area (Å²) in [5, 5.41) is 2.12. The third-order valence-corrected chi connectivity index (χ3v) is 5.61. The van der Waals surface area contributed by atoms with Crippen molar-refractivity contribution >= 4 is 27.7 Å². The first-order valence-corrected chi connectivity index (χ1v) is 8.79. The molecule has 2 fully saturated rings. The van der Waals surface area contributed by atoms with Gasteiger partial charge in [-0.3, -0.25) is 4.79 Å². The predicted octanol–water partition coefficient (Wildman–Crippen LogP) is 1.60. The monoisotopic (exact) mass is 364 g/mol. The Morgan fingerprint density at radius 3 is 2.95 bits per heavy atom. The van der Waals surface area contributed by atoms with Crippen LogP contribution in [0.1, 0.15) is 41.6 Å². The Morgan fingerprint density at radius 2 is 2.18 bits per heavy atom. The number of carbonyl (C=O) groups is 2. The van der Waals surface area contributed by atoms with Crippen molar-refractivity contribution in [3.63, 3.8) is 0 Å². The number of esters is 1. The van der Waals surface area contributed by atoms with Gasteiger partial charge in [-0.05, 0) is 43.0 Å². The Bertz CT molecular complexity index is 635. The first kappa shape index (κ1) is 14.4. The van der Waals surface area contributed by atoms with Gasteiger partial charge in [0.2, 0.25) is 5.78 Å². The van der Waals surface area contributed by atoms with Crippen LogP contribution in [0.2, 0.25) is 0 Å². The molecular formula is C17H19BrNO3+. The van der Waals surface area contributed by atoms with Gasteiger partial charge >= 0.3 is 5.97 Å². The van der Waals surface area contributed by atoms with Crippen LogP contribution in [0.3, 0.4) is 0 Å². The number of piperidine rings is 1. The molecule has 1 aromatic rings. The standard InChI is InChI=1S/C17H18BrNO3/c18-11-4-5-12-9(6-11)2-1-3-15(16(12)20)22-17(21)14-8-10-7-13(10)19-14/h4-6,10,13-15,19H,1-3,7-8H2/p+1/t10-,13-,14+,15?/m1/s1. The lowest BCUT2D eigenvalue weighted by molar-refractivity contribution is -0.678. The van der Waals surface area contributed by atoms with E-state index in [9.17, 15) is 9.59 Å². The lowest BCUT2D eigenvalue weighted by Crippen LogP contribution is -2.91. The smallest absolute Gasteiger partial charge is 0.365 e. The van der Waals surface area contributed by atoms with E-state index in [4.69, 9.17) is 4.74 Å². The highest BCUT2D eigenvalue weighted by Gasteiger charge is 2.53. The lowest BCUT2D eigenvalue weighted by atomic mass is 10.0. The van der Waals surface area contributed by atoms with E-state index < -0.39 is 6.10 Å². The number of Topliss-reactive ketones (excluding diaryl/α,β-unsaturated/α-hetero) is 1. The molecule has 0 bridgehead atoms. The average Bonchev–Trinajstić information content (AvgIpc) is 3.14. The predicted molar refractivity (Wildman–Crippen MR) is 83.5 cm³/mol. The molecule has 1 heterocycles. The van der Waals surface area contributed by atoms with Crippen molar-refractivity contribution in [2.45, 2.75) is 50.3 Å². The van der Waals surface area contributed by atoms with Gasteiger partial charge in [-0.1, -0.05) is 15.9 Å². The molecule has 0 radical (unpaired) electrons. The van der Waals surface area contributed by atoms with Crippen molar-refractivity contribution in [1.82, 2.24) is 0 Å². The SMILES string of the molecule is O=C1c2ccc(Br)cc2CCCC1OC(=O)[C@@H]1C[C@H]2C[C@H]2[NH2+]1. The van der Waals surface area contributed by atoms with Crippen LogP contribution in [0.15, 0.2) is 22.7 Å². The fourth-order valence-corrected chi connectivity index (χ4v) is 4.20. The summed E-state index contributed by atoms with van der Waals surface area (Å²) in [6.07, 6.45) is 3.88. The second-order valence-electron chi connectivity index (χ2n) is 6.68. The summed E-state index contributed by atoms with van der Waals surface area (Å²) in [5.74, 6) is 0.447. The number of rotatable bonds is 2. The first-order valence-electron chi connectivity index (χ1n) is 8.00. The molecule has 1 saturated heterocycles. The minimum Gasteiger partial charge on any atom is -0.450 e. The molecular weight excluding hydrogens is 346 g/mol. The van der Waals surface area contributed by atoms with Crippen LogP contribution in [-0.2, 0) is 16.0 Å². The van der Waals surface area contributed by atoms with Crippen LogP contribution >= 0.6 is 15.9 Å². The molecule has 22 heavy (non-hydrogen) atoms. The number of ether oxygens (including phenoxy) is 1. The van der Waals surface area contributed by atoms with Gasteiger partial charge in [0.1, 0.15) is 0 Å². The quantitative estimate of drug-likeness (QED) is 0.640. The second-order valence-corrected chi connectivity index (χ2v) is 7.59. The number of nitrogens with two attached hydrogens (primary N) is 1. The minimum absolute atomic E-state index is 0.0449. The fraction of sp³-hybridized carbons (Fsp3) is 0.529. The zero-order valence-electron chi connectivity index (χ0n) is 12.3. The molecule has 4 nitrogen and oxygen atoms in total. The Labute approximate surface area is 137 Å². The van der Waals surface area contributed by atoms with Crippen LogP contribution in [0.25, 0.3) is 0 Å². The molecule has 0 aromatic heterocycles. The third kappa shape index (κ3) is 2.61. The molecule has 1 saturated carbocycles. The lowest BCUT2D eigenvalue weighted by Gasteiger charge is -2.17. The molecule has 4 rings (SSSR count). The highest BCUT2D eigenvalue weighted by molar-refractivity contribution is 9.10. The highest BCUT2D eigenvalue weighted by atomic mass is 79.9. The molecule has 2 aliphatic carbocycles. The van der Waals surface area contributed by atoms with Gasteiger partial charge in [-0.2, -0.15) is 0 Å². The van der Waals surface area contributed by atoms with Gasteiger partial charge in [0, 0.05) is 28.8 Å². The number of ketones is 1. The largest absolute Gasteiger partial charge is 0.450 e. The Morgan fingerprint density at radius 1 is 1.32 bits per heavy atom. The van der Waals surface area contributed by atoms with E-state index in [1.165, 1.54) is 6.42 Å². The van der Waals surface area contributed by atoms with Crippen molar-refractivity contribution < 1.29 is 19.6 Å². The zero-order chi connectivity index (χ0) is 15.3. The normalized spacial score (nSPS) is 32.9. The van der Waals surface area contributed by atoms with E-state index in [0.717, 1.165) is 29.3 Å². The molecule has 4 atom stereocenters. The molecule has 3 aliphatic rings. The van der Waals surface area contributed by atoms with E-state index in [1.54, 1.807) is 0 Å². The Hall–Kier alpha value is -1.20. The van der Waals surface area contributed by atoms with Crippen LogP contribution in [-0.4, -0.2) is 29.9 Å². The average molecular weight is 365 g/mol. The summed E-state index contributed by atoms with van der Waals surface area (Å²) in [4.78, 5) is 25.0. The molecule has 116 valence electrons. The molecule has 1 unspecified atom stereocenters. The van der Waals surface area contributed by atoms with Gasteiger partial charge in [0.05, 0.1) is 6.04 Å². The molecule has 5 heteroatoms. The number of hydrogen-bond acceptors (Lipinski definition) is 3. The van der Waals surface area contributed by atoms with Crippen molar-refractivity contribution in [3.05, 3.63) is 33.8 Å². The number of quaternary nitrogens is 1. The Kier molecular flexibility index (Phi) is 3.57. The van der Waals surface area contributed by atoms with Crippen LogP contribution in [0.4, 0.5) is 0 Å². The van der Waals surface area contributed by atoms with E-state index in [0.29, 0.717) is 23.9 Å². The van der Waals surface area contributed by atoms with E-state index >= 15 is 0 Å². The zero-order valence-corrected chi connectivity index (χ0v) is 13.8. The van der Waals surface area contributed by atoms with E-state index in [-0.39, 0.29) is 17.8 Å². The summed E-state index contributed by atoms with van der Waals surface area (Å²) < 4.78 is 6.57.